The van der Waals surface area contributed by atoms with Gasteiger partial charge in [-0.25, -0.2) is 9.97 Å². The lowest BCUT2D eigenvalue weighted by atomic mass is 10.1. The number of carbonyl (C=O) groups is 1. The maximum atomic E-state index is 12.8. The van der Waals surface area contributed by atoms with Crippen molar-refractivity contribution in [3.8, 4) is 0 Å². The minimum Gasteiger partial charge on any atom is -0.368 e. The first kappa shape index (κ1) is 19.6. The summed E-state index contributed by atoms with van der Waals surface area (Å²) in [4.78, 5) is 23.7. The number of aromatic amines is 1. The van der Waals surface area contributed by atoms with Crippen LogP contribution in [0.15, 0.2) is 36.7 Å². The Hall–Kier alpha value is -3.33. The van der Waals surface area contributed by atoms with Gasteiger partial charge >= 0.3 is 0 Å². The number of amides is 1. The van der Waals surface area contributed by atoms with E-state index in [1.54, 1.807) is 18.0 Å². The molecule has 160 valence electrons. The summed E-state index contributed by atoms with van der Waals surface area (Å²) in [5.41, 5.74) is 5.47. The van der Waals surface area contributed by atoms with Crippen molar-refractivity contribution >= 4 is 11.9 Å². The van der Waals surface area contributed by atoms with E-state index < -0.39 is 6.10 Å². The molecule has 1 aliphatic heterocycles. The predicted octanol–water partition coefficient (Wildman–Crippen LogP) is 1.66. The molecular formula is C22H25N7O2. The first-order valence-electron chi connectivity index (χ1n) is 10.6. The normalized spacial score (nSPS) is 16.2. The van der Waals surface area contributed by atoms with Crippen LogP contribution in [0, 0.1) is 0 Å². The molecule has 1 aromatic carbocycles. The number of H-pyrrole nitrogens is 1. The highest BCUT2D eigenvalue weighted by Gasteiger charge is 2.29. The molecule has 2 aromatic heterocycles. The summed E-state index contributed by atoms with van der Waals surface area (Å²) in [6, 6.07) is 8.82. The first-order valence-corrected chi connectivity index (χ1v) is 10.6. The maximum absolute atomic E-state index is 12.8. The molecule has 0 saturated carbocycles. The van der Waals surface area contributed by atoms with E-state index in [1.165, 1.54) is 11.1 Å². The molecule has 1 unspecified atom stereocenters. The van der Waals surface area contributed by atoms with Gasteiger partial charge in [-0.1, -0.05) is 29.5 Å². The zero-order valence-electron chi connectivity index (χ0n) is 17.4. The zero-order valence-corrected chi connectivity index (χ0v) is 17.4. The van der Waals surface area contributed by atoms with Gasteiger partial charge < -0.3 is 15.0 Å². The van der Waals surface area contributed by atoms with Crippen LogP contribution in [0.2, 0.25) is 0 Å². The minimum atomic E-state index is -0.524. The Morgan fingerprint density at radius 1 is 1.26 bits per heavy atom. The largest absolute Gasteiger partial charge is 0.368 e. The Morgan fingerprint density at radius 2 is 2.06 bits per heavy atom. The van der Waals surface area contributed by atoms with Crippen molar-refractivity contribution in [1.82, 2.24) is 30.3 Å². The van der Waals surface area contributed by atoms with Gasteiger partial charge in [-0.3, -0.25) is 9.89 Å². The lowest BCUT2D eigenvalue weighted by Crippen LogP contribution is -2.35. The second-order valence-electron chi connectivity index (χ2n) is 8.11. The van der Waals surface area contributed by atoms with E-state index in [2.05, 4.69) is 50.0 Å². The van der Waals surface area contributed by atoms with Crippen LogP contribution < -0.4 is 5.32 Å². The smallest absolute Gasteiger partial charge is 0.252 e. The molecule has 9 heteroatoms. The fourth-order valence-electron chi connectivity index (χ4n) is 4.24. The Balaban J connectivity index is 1.15. The molecule has 0 saturated heterocycles. The molecule has 3 heterocycles. The van der Waals surface area contributed by atoms with Gasteiger partial charge in [0.1, 0.15) is 6.10 Å². The van der Waals surface area contributed by atoms with Crippen molar-refractivity contribution < 1.29 is 9.53 Å². The third kappa shape index (κ3) is 4.27. The summed E-state index contributed by atoms with van der Waals surface area (Å²) in [6.45, 7) is 3.19. The number of aromatic nitrogens is 5. The number of rotatable bonds is 7. The van der Waals surface area contributed by atoms with Crippen molar-refractivity contribution in [2.45, 2.75) is 51.4 Å². The van der Waals surface area contributed by atoms with E-state index in [1.807, 2.05) is 6.20 Å². The molecule has 3 aromatic rings. The molecule has 2 aliphatic rings. The number of benzene rings is 1. The summed E-state index contributed by atoms with van der Waals surface area (Å²) in [5, 5.41) is 13.7. The van der Waals surface area contributed by atoms with Crippen LogP contribution in [-0.2, 0) is 41.9 Å². The molecule has 0 spiro atoms. The number of anilines is 1. The van der Waals surface area contributed by atoms with Gasteiger partial charge in [-0.15, -0.1) is 5.10 Å². The molecule has 0 bridgehead atoms. The maximum Gasteiger partial charge on any atom is 0.252 e. The summed E-state index contributed by atoms with van der Waals surface area (Å²) < 4.78 is 5.71. The fourth-order valence-corrected chi connectivity index (χ4v) is 4.24. The standard InChI is InChI=1S/C22H25N7O2/c1-14(31-7-6-18-11-24-28-27-18)21(30)29-12-17-10-23-22(26-20(17)13-29)25-19-8-15-4-2-3-5-16(15)9-19/h2-5,10-11,14,19H,6-9,12-13H2,1H3,(H,23,25,26)(H,24,27,28). The Morgan fingerprint density at radius 3 is 2.81 bits per heavy atom. The summed E-state index contributed by atoms with van der Waals surface area (Å²) in [6.07, 6.45) is 5.59. The van der Waals surface area contributed by atoms with Gasteiger partial charge in [-0.2, -0.15) is 0 Å². The van der Waals surface area contributed by atoms with Gasteiger partial charge in [0.05, 0.1) is 24.5 Å². The van der Waals surface area contributed by atoms with Crippen molar-refractivity contribution in [3.05, 3.63) is 64.7 Å². The van der Waals surface area contributed by atoms with Crippen molar-refractivity contribution in [1.29, 1.82) is 0 Å². The molecule has 9 nitrogen and oxygen atoms in total. The predicted molar refractivity (Wildman–Crippen MR) is 113 cm³/mol. The number of hydrogen-bond donors (Lipinski definition) is 2. The van der Waals surface area contributed by atoms with E-state index in [-0.39, 0.29) is 5.91 Å². The van der Waals surface area contributed by atoms with Crippen LogP contribution in [0.25, 0.3) is 0 Å². The van der Waals surface area contributed by atoms with Crippen LogP contribution in [0.5, 0.6) is 0 Å². The lowest BCUT2D eigenvalue weighted by Gasteiger charge is -2.20. The monoisotopic (exact) mass is 419 g/mol. The van der Waals surface area contributed by atoms with Crippen LogP contribution in [0.4, 0.5) is 5.95 Å². The van der Waals surface area contributed by atoms with Gasteiger partial charge in [-0.05, 0) is 30.9 Å². The number of nitrogens with zero attached hydrogens (tertiary/aromatic N) is 5. The number of fused-ring (bicyclic) bond motifs is 2. The molecule has 0 fully saturated rings. The van der Waals surface area contributed by atoms with Gasteiger partial charge in [0.2, 0.25) is 5.95 Å². The summed E-state index contributed by atoms with van der Waals surface area (Å²) in [7, 11) is 0. The highest BCUT2D eigenvalue weighted by molar-refractivity contribution is 5.81. The summed E-state index contributed by atoms with van der Waals surface area (Å²) in [5.74, 6) is 0.585. The second-order valence-corrected chi connectivity index (χ2v) is 8.11. The van der Waals surface area contributed by atoms with E-state index in [9.17, 15) is 4.79 Å². The van der Waals surface area contributed by atoms with Crippen LogP contribution in [0.3, 0.4) is 0 Å². The highest BCUT2D eigenvalue weighted by atomic mass is 16.5. The number of hydrogen-bond acceptors (Lipinski definition) is 7. The molecule has 1 aliphatic carbocycles. The van der Waals surface area contributed by atoms with Gasteiger partial charge in [0.25, 0.3) is 5.91 Å². The average molecular weight is 419 g/mol. The highest BCUT2D eigenvalue weighted by Crippen LogP contribution is 2.26. The Bertz CT molecular complexity index is 1040. The molecule has 31 heavy (non-hydrogen) atoms. The quantitative estimate of drug-likeness (QED) is 0.599. The molecular weight excluding hydrogens is 394 g/mol. The lowest BCUT2D eigenvalue weighted by molar-refractivity contribution is -0.143. The van der Waals surface area contributed by atoms with E-state index >= 15 is 0 Å². The average Bonchev–Trinajstić information content (AvgIpc) is 3.51. The van der Waals surface area contributed by atoms with Crippen LogP contribution in [-0.4, -0.2) is 54.9 Å². The number of ether oxygens (including phenoxy) is 1. The van der Waals surface area contributed by atoms with Crippen molar-refractivity contribution in [2.24, 2.45) is 0 Å². The van der Waals surface area contributed by atoms with Crippen LogP contribution >= 0.6 is 0 Å². The van der Waals surface area contributed by atoms with Crippen molar-refractivity contribution in [3.63, 3.8) is 0 Å². The van der Waals surface area contributed by atoms with Gasteiger partial charge in [0, 0.05) is 37.0 Å². The van der Waals surface area contributed by atoms with Crippen LogP contribution in [0.1, 0.15) is 35.0 Å². The third-order valence-electron chi connectivity index (χ3n) is 5.89. The molecule has 1 amide bonds. The zero-order chi connectivity index (χ0) is 21.2. The van der Waals surface area contributed by atoms with Crippen molar-refractivity contribution in [2.75, 3.05) is 11.9 Å². The third-order valence-corrected chi connectivity index (χ3v) is 5.89. The topological polar surface area (TPSA) is 109 Å². The summed E-state index contributed by atoms with van der Waals surface area (Å²) >= 11 is 0. The Labute approximate surface area is 180 Å². The first-order chi connectivity index (χ1) is 15.2. The van der Waals surface area contributed by atoms with Gasteiger partial charge in [0.15, 0.2) is 0 Å². The SMILES string of the molecule is CC(OCCc1c[nH]nn1)C(=O)N1Cc2cnc(NC3Cc4ccccc4C3)nc2C1. The number of carbonyl (C=O) groups excluding carboxylic acids is 1. The molecule has 1 atom stereocenters. The Kier molecular flexibility index (Phi) is 5.33. The van der Waals surface area contributed by atoms with E-state index in [4.69, 9.17) is 9.72 Å². The minimum absolute atomic E-state index is 0.0427. The molecule has 5 rings (SSSR count). The number of nitrogens with one attached hydrogen (secondary N) is 2. The van der Waals surface area contributed by atoms with E-state index in [0.29, 0.717) is 38.1 Å². The molecule has 2 N–H and O–H groups in total. The van der Waals surface area contributed by atoms with E-state index in [0.717, 1.165) is 29.8 Å². The molecule has 0 radical (unpaired) electrons. The second kappa shape index (κ2) is 8.43. The fraction of sp³-hybridized carbons (Fsp3) is 0.409.